The van der Waals surface area contributed by atoms with Gasteiger partial charge in [0.15, 0.2) is 0 Å². The number of rotatable bonds is 11. The lowest BCUT2D eigenvalue weighted by molar-refractivity contribution is -0.139. The average Bonchev–Trinajstić information content (AvgIpc) is 2.46. The van der Waals surface area contributed by atoms with Gasteiger partial charge < -0.3 is 9.84 Å². The van der Waals surface area contributed by atoms with E-state index in [0.717, 1.165) is 25.7 Å². The fourth-order valence-electron chi connectivity index (χ4n) is 2.08. The van der Waals surface area contributed by atoms with Crippen LogP contribution in [0.1, 0.15) is 65.2 Å². The summed E-state index contributed by atoms with van der Waals surface area (Å²) in [7, 11) is 1.35. The highest BCUT2D eigenvalue weighted by molar-refractivity contribution is 7.82. The highest BCUT2D eigenvalue weighted by Crippen LogP contribution is 2.21. The van der Waals surface area contributed by atoms with E-state index in [1.165, 1.54) is 26.4 Å². The Hall–Kier alpha value is -0.480. The molecule has 0 saturated heterocycles. The van der Waals surface area contributed by atoms with Crippen molar-refractivity contribution in [2.24, 2.45) is 0 Å². The van der Waals surface area contributed by atoms with Crippen molar-refractivity contribution in [3.8, 4) is 0 Å². The lowest BCUT2D eigenvalue weighted by Crippen LogP contribution is -2.26. The van der Waals surface area contributed by atoms with Crippen LogP contribution in [0.3, 0.4) is 0 Å². The zero-order valence-corrected chi connectivity index (χ0v) is 14.0. The van der Waals surface area contributed by atoms with Gasteiger partial charge >= 0.3 is 5.97 Å². The van der Waals surface area contributed by atoms with Crippen LogP contribution >= 0.6 is 12.6 Å². The zero-order chi connectivity index (χ0) is 15.4. The molecule has 0 rings (SSSR count). The predicted molar refractivity (Wildman–Crippen MR) is 87.2 cm³/mol. The van der Waals surface area contributed by atoms with Crippen molar-refractivity contribution in [2.45, 2.75) is 76.6 Å². The number of methoxy groups -OCH3 is 1. The Morgan fingerprint density at radius 1 is 1.20 bits per heavy atom. The molecule has 0 amide bonds. The Morgan fingerprint density at radius 3 is 2.40 bits per heavy atom. The Kier molecular flexibility index (Phi) is 12.0. The fraction of sp³-hybridized carbons (Fsp3) is 0.812. The lowest BCUT2D eigenvalue weighted by atomic mass is 9.98. The van der Waals surface area contributed by atoms with Crippen molar-refractivity contribution in [3.63, 3.8) is 0 Å². The van der Waals surface area contributed by atoms with Gasteiger partial charge in [0, 0.05) is 0 Å². The van der Waals surface area contributed by atoms with E-state index in [-0.39, 0.29) is 0 Å². The summed E-state index contributed by atoms with van der Waals surface area (Å²) in [5, 5.41) is 9.58. The van der Waals surface area contributed by atoms with Gasteiger partial charge in [0.25, 0.3) is 0 Å². The van der Waals surface area contributed by atoms with Gasteiger partial charge in [0.05, 0.1) is 13.2 Å². The maximum Gasteiger partial charge on any atom is 0.322 e. The maximum absolute atomic E-state index is 11.6. The number of ether oxygens (including phenoxy) is 1. The summed E-state index contributed by atoms with van der Waals surface area (Å²) in [6, 6.07) is 0. The second-order valence-electron chi connectivity index (χ2n) is 5.14. The number of thiol groups is 1. The highest BCUT2D eigenvalue weighted by Gasteiger charge is 2.24. The SMILES string of the molecule is CCCCCCC=C(C(S)C(=O)OC)[C@H](O)CCCC. The molecule has 0 saturated carbocycles. The first-order valence-corrected chi connectivity index (χ1v) is 8.23. The molecule has 118 valence electrons. The van der Waals surface area contributed by atoms with Gasteiger partial charge in [-0.1, -0.05) is 52.0 Å². The number of unbranched alkanes of at least 4 members (excludes halogenated alkanes) is 5. The average molecular weight is 302 g/mol. The summed E-state index contributed by atoms with van der Waals surface area (Å²) in [5.41, 5.74) is 0.699. The van der Waals surface area contributed by atoms with Crippen LogP contribution in [-0.4, -0.2) is 29.5 Å². The van der Waals surface area contributed by atoms with E-state index in [1.807, 2.05) is 6.08 Å². The number of carbonyl (C=O) groups excluding carboxylic acids is 1. The molecule has 1 unspecified atom stereocenters. The van der Waals surface area contributed by atoms with Crippen LogP contribution in [0.15, 0.2) is 11.6 Å². The first-order valence-electron chi connectivity index (χ1n) is 7.72. The third-order valence-corrected chi connectivity index (χ3v) is 3.90. The summed E-state index contributed by atoms with van der Waals surface area (Å²) < 4.78 is 4.73. The molecule has 2 atom stereocenters. The molecule has 0 spiro atoms. The second-order valence-corrected chi connectivity index (χ2v) is 5.65. The van der Waals surface area contributed by atoms with Crippen LogP contribution in [0.2, 0.25) is 0 Å². The van der Waals surface area contributed by atoms with Crippen molar-refractivity contribution in [1.29, 1.82) is 0 Å². The van der Waals surface area contributed by atoms with Gasteiger partial charge in [-0.15, -0.1) is 0 Å². The number of allylic oxidation sites excluding steroid dienone is 1. The van der Waals surface area contributed by atoms with Gasteiger partial charge in [-0.2, -0.15) is 12.6 Å². The van der Waals surface area contributed by atoms with E-state index in [0.29, 0.717) is 12.0 Å². The van der Waals surface area contributed by atoms with Crippen LogP contribution in [0.25, 0.3) is 0 Å². The summed E-state index contributed by atoms with van der Waals surface area (Å²) in [6.07, 6.45) is 9.59. The number of aliphatic hydroxyl groups is 1. The van der Waals surface area contributed by atoms with E-state index in [1.54, 1.807) is 0 Å². The first kappa shape index (κ1) is 19.5. The van der Waals surface area contributed by atoms with Gasteiger partial charge in [0.2, 0.25) is 0 Å². The first-order chi connectivity index (χ1) is 9.58. The largest absolute Gasteiger partial charge is 0.468 e. The van der Waals surface area contributed by atoms with Crippen molar-refractivity contribution in [2.75, 3.05) is 7.11 Å². The molecule has 20 heavy (non-hydrogen) atoms. The summed E-state index contributed by atoms with van der Waals surface area (Å²) in [4.78, 5) is 11.6. The molecule has 0 fully saturated rings. The minimum atomic E-state index is -0.655. The number of hydrogen-bond donors (Lipinski definition) is 2. The molecular formula is C16H30O3S. The quantitative estimate of drug-likeness (QED) is 0.263. The van der Waals surface area contributed by atoms with Crippen LogP contribution in [0.4, 0.5) is 0 Å². The minimum absolute atomic E-state index is 0.399. The van der Waals surface area contributed by atoms with E-state index < -0.39 is 17.3 Å². The number of aliphatic hydroxyl groups excluding tert-OH is 1. The summed E-state index contributed by atoms with van der Waals surface area (Å²) in [6.45, 7) is 4.26. The molecule has 4 heteroatoms. The summed E-state index contributed by atoms with van der Waals surface area (Å²) >= 11 is 4.30. The number of hydrogen-bond acceptors (Lipinski definition) is 4. The normalized spacial score (nSPS) is 14.9. The summed E-state index contributed by atoms with van der Waals surface area (Å²) in [5.74, 6) is -0.399. The third kappa shape index (κ3) is 7.95. The molecule has 0 bridgehead atoms. The predicted octanol–water partition coefficient (Wildman–Crippen LogP) is 3.91. The lowest BCUT2D eigenvalue weighted by Gasteiger charge is -2.19. The molecule has 3 nitrogen and oxygen atoms in total. The Labute approximate surface area is 129 Å². The zero-order valence-electron chi connectivity index (χ0n) is 13.1. The van der Waals surface area contributed by atoms with Gasteiger partial charge in [0.1, 0.15) is 5.25 Å². The molecule has 0 aromatic rings. The molecule has 0 heterocycles. The van der Waals surface area contributed by atoms with Crippen molar-refractivity contribution in [1.82, 2.24) is 0 Å². The van der Waals surface area contributed by atoms with E-state index in [9.17, 15) is 9.90 Å². The molecule has 0 aliphatic heterocycles. The smallest absolute Gasteiger partial charge is 0.322 e. The highest BCUT2D eigenvalue weighted by atomic mass is 32.1. The van der Waals surface area contributed by atoms with Gasteiger partial charge in [-0.3, -0.25) is 4.79 Å². The molecule has 0 radical (unpaired) electrons. The van der Waals surface area contributed by atoms with E-state index >= 15 is 0 Å². The van der Waals surface area contributed by atoms with Crippen molar-refractivity contribution in [3.05, 3.63) is 11.6 Å². The number of esters is 1. The number of carbonyl (C=O) groups is 1. The third-order valence-electron chi connectivity index (χ3n) is 3.39. The van der Waals surface area contributed by atoms with Crippen molar-refractivity contribution >= 4 is 18.6 Å². The monoisotopic (exact) mass is 302 g/mol. The van der Waals surface area contributed by atoms with Crippen LogP contribution < -0.4 is 0 Å². The maximum atomic E-state index is 11.6. The molecule has 0 aliphatic rings. The molecule has 0 aliphatic carbocycles. The topological polar surface area (TPSA) is 46.5 Å². The Morgan fingerprint density at radius 2 is 1.85 bits per heavy atom. The second kappa shape index (κ2) is 12.3. The van der Waals surface area contributed by atoms with Crippen LogP contribution in [0, 0.1) is 0 Å². The van der Waals surface area contributed by atoms with Crippen LogP contribution in [0.5, 0.6) is 0 Å². The van der Waals surface area contributed by atoms with Gasteiger partial charge in [-0.25, -0.2) is 0 Å². The standard InChI is InChI=1S/C16H30O3S/c1-4-6-8-9-10-11-13(14(17)12-7-5-2)15(20)16(18)19-3/h11,14-15,17,20H,4-10,12H2,1-3H3/t14-,15?/m1/s1. The van der Waals surface area contributed by atoms with Gasteiger partial charge in [-0.05, 0) is 24.8 Å². The van der Waals surface area contributed by atoms with E-state index in [2.05, 4.69) is 26.5 Å². The van der Waals surface area contributed by atoms with Crippen molar-refractivity contribution < 1.29 is 14.6 Å². The fourth-order valence-corrected chi connectivity index (χ4v) is 2.46. The molecular weight excluding hydrogens is 272 g/mol. The molecule has 0 aromatic carbocycles. The molecule has 0 aromatic heterocycles. The molecule has 1 N–H and O–H groups in total. The van der Waals surface area contributed by atoms with E-state index in [4.69, 9.17) is 4.74 Å². The minimum Gasteiger partial charge on any atom is -0.468 e. The Balaban J connectivity index is 4.59. The van der Waals surface area contributed by atoms with Crippen LogP contribution in [-0.2, 0) is 9.53 Å². The Bertz CT molecular complexity index is 289.